The third-order valence-electron chi connectivity index (χ3n) is 4.25. The molecule has 144 valence electrons. The van der Waals surface area contributed by atoms with Crippen molar-refractivity contribution in [3.63, 3.8) is 0 Å². The quantitative estimate of drug-likeness (QED) is 0.370. The van der Waals surface area contributed by atoms with Crippen LogP contribution < -0.4 is 5.32 Å². The summed E-state index contributed by atoms with van der Waals surface area (Å²) in [5, 5.41) is 3.24. The highest BCUT2D eigenvalue weighted by atomic mass is 127. The lowest BCUT2D eigenvalue weighted by Gasteiger charge is -2.39. The fourth-order valence-electron chi connectivity index (χ4n) is 2.44. The monoisotopic (exact) mass is 465 g/mol. The van der Waals surface area contributed by atoms with E-state index in [9.17, 15) is 13.2 Å². The van der Waals surface area contributed by atoms with E-state index in [1.807, 2.05) is 14.0 Å². The Morgan fingerprint density at radius 2 is 1.79 bits per heavy atom. The molecule has 1 aliphatic heterocycles. The smallest absolute Gasteiger partial charge is 0.357 e. The molecule has 24 heavy (non-hydrogen) atoms. The predicted octanol–water partition coefficient (Wildman–Crippen LogP) is 2.09. The first kappa shape index (κ1) is 23.7. The van der Waals surface area contributed by atoms with Crippen molar-refractivity contribution in [3.05, 3.63) is 0 Å². The van der Waals surface area contributed by atoms with Crippen molar-refractivity contribution >= 4 is 29.9 Å². The molecular weight excluding hydrogens is 434 g/mol. The van der Waals surface area contributed by atoms with Gasteiger partial charge in [0.25, 0.3) is 0 Å². The molecule has 1 atom stereocenters. The molecule has 0 aromatic heterocycles. The lowest BCUT2D eigenvalue weighted by atomic mass is 10.2. The summed E-state index contributed by atoms with van der Waals surface area (Å²) < 4.78 is 38.4. The first-order valence-electron chi connectivity index (χ1n) is 8.32. The van der Waals surface area contributed by atoms with Gasteiger partial charge in [-0.3, -0.25) is 9.89 Å². The van der Waals surface area contributed by atoms with Gasteiger partial charge in [-0.15, -0.1) is 24.0 Å². The minimum atomic E-state index is -4.16. The lowest BCUT2D eigenvalue weighted by molar-refractivity contribution is -0.181. The maximum Gasteiger partial charge on any atom is 0.403 e. The van der Waals surface area contributed by atoms with Crippen molar-refractivity contribution < 1.29 is 13.2 Å². The first-order chi connectivity index (χ1) is 10.8. The minimum absolute atomic E-state index is 0. The summed E-state index contributed by atoms with van der Waals surface area (Å²) in [5.74, 6) is 0.802. The van der Waals surface area contributed by atoms with Crippen LogP contribution in [0.2, 0.25) is 0 Å². The number of nitrogens with zero attached hydrogens (tertiary/aromatic N) is 4. The number of hydrogen-bond acceptors (Lipinski definition) is 3. The van der Waals surface area contributed by atoms with Gasteiger partial charge in [0.1, 0.15) is 6.04 Å². The van der Waals surface area contributed by atoms with Crippen molar-refractivity contribution in [2.75, 3.05) is 59.4 Å². The molecule has 1 unspecified atom stereocenters. The van der Waals surface area contributed by atoms with Gasteiger partial charge < -0.3 is 15.1 Å². The highest BCUT2D eigenvalue weighted by Gasteiger charge is 2.41. The highest BCUT2D eigenvalue weighted by molar-refractivity contribution is 14.0. The second-order valence-corrected chi connectivity index (χ2v) is 5.87. The fraction of sp³-hybridized carbons (Fsp3) is 0.933. The van der Waals surface area contributed by atoms with Crippen molar-refractivity contribution in [2.45, 2.75) is 33.0 Å². The summed E-state index contributed by atoms with van der Waals surface area (Å²) >= 11 is 0. The van der Waals surface area contributed by atoms with Gasteiger partial charge >= 0.3 is 6.18 Å². The Bertz CT molecular complexity index is 371. The van der Waals surface area contributed by atoms with Crippen LogP contribution in [0, 0.1) is 0 Å². The molecular formula is C15H31F3IN5. The second kappa shape index (κ2) is 11.3. The summed E-state index contributed by atoms with van der Waals surface area (Å²) in [4.78, 5) is 10.3. The molecule has 9 heteroatoms. The Kier molecular flexibility index (Phi) is 11.2. The van der Waals surface area contributed by atoms with Crippen LogP contribution in [0.5, 0.6) is 0 Å². The average molecular weight is 465 g/mol. The molecule has 0 aromatic rings. The molecule has 1 rings (SSSR count). The molecule has 0 aliphatic carbocycles. The molecule has 1 fully saturated rings. The van der Waals surface area contributed by atoms with E-state index in [2.05, 4.69) is 27.0 Å². The fourth-order valence-corrected chi connectivity index (χ4v) is 2.44. The van der Waals surface area contributed by atoms with Gasteiger partial charge in [0.15, 0.2) is 5.96 Å². The van der Waals surface area contributed by atoms with Crippen LogP contribution >= 0.6 is 24.0 Å². The molecule has 5 nitrogen and oxygen atoms in total. The van der Waals surface area contributed by atoms with Gasteiger partial charge in [0.05, 0.1) is 6.54 Å². The molecule has 0 spiro atoms. The van der Waals surface area contributed by atoms with Crippen molar-refractivity contribution in [1.82, 2.24) is 20.0 Å². The number of hydrogen-bond donors (Lipinski definition) is 1. The van der Waals surface area contributed by atoms with Crippen LogP contribution in [0.25, 0.3) is 0 Å². The number of nitrogens with one attached hydrogen (secondary N) is 1. The Balaban J connectivity index is 0.00000529. The Labute approximate surface area is 160 Å². The van der Waals surface area contributed by atoms with E-state index in [0.29, 0.717) is 32.7 Å². The molecule has 1 saturated heterocycles. The number of likely N-dealkylation sites (N-methyl/N-ethyl adjacent to an activating group) is 1. The zero-order valence-corrected chi connectivity index (χ0v) is 17.4. The number of aliphatic imine (C=N–C) groups is 1. The van der Waals surface area contributed by atoms with E-state index in [0.717, 1.165) is 25.6 Å². The number of rotatable bonds is 6. The number of halogens is 4. The van der Waals surface area contributed by atoms with Gasteiger partial charge in [0, 0.05) is 39.3 Å². The van der Waals surface area contributed by atoms with E-state index < -0.39 is 12.2 Å². The second-order valence-electron chi connectivity index (χ2n) is 5.87. The van der Waals surface area contributed by atoms with Crippen LogP contribution in [0.3, 0.4) is 0 Å². The zero-order chi connectivity index (χ0) is 17.5. The first-order valence-corrected chi connectivity index (χ1v) is 8.32. The molecule has 0 radical (unpaired) electrons. The average Bonchev–Trinajstić information content (AvgIpc) is 2.52. The molecule has 1 aliphatic rings. The number of piperazine rings is 1. The SMILES string of the molecule is CCNC(=NCCN(C)CC)N1CCN(C(C)C(F)(F)F)CC1.I. The molecule has 0 amide bonds. The summed E-state index contributed by atoms with van der Waals surface area (Å²) in [7, 11) is 2.04. The third-order valence-corrected chi connectivity index (χ3v) is 4.25. The maximum absolute atomic E-state index is 12.8. The molecule has 0 saturated carbocycles. The molecule has 1 heterocycles. The predicted molar refractivity (Wildman–Crippen MR) is 103 cm³/mol. The summed E-state index contributed by atoms with van der Waals surface area (Å²) in [6, 6.07) is -1.39. The highest BCUT2D eigenvalue weighted by Crippen LogP contribution is 2.25. The van der Waals surface area contributed by atoms with Gasteiger partial charge in [-0.25, -0.2) is 0 Å². The maximum atomic E-state index is 12.8. The summed E-state index contributed by atoms with van der Waals surface area (Å²) in [5.41, 5.74) is 0. The Hall–Kier alpha value is -0.290. The van der Waals surface area contributed by atoms with Crippen molar-refractivity contribution in [2.24, 2.45) is 4.99 Å². The topological polar surface area (TPSA) is 34.1 Å². The van der Waals surface area contributed by atoms with Gasteiger partial charge in [-0.05, 0) is 27.4 Å². The largest absolute Gasteiger partial charge is 0.403 e. The van der Waals surface area contributed by atoms with Gasteiger partial charge in [-0.1, -0.05) is 6.92 Å². The minimum Gasteiger partial charge on any atom is -0.357 e. The van der Waals surface area contributed by atoms with E-state index >= 15 is 0 Å². The summed E-state index contributed by atoms with van der Waals surface area (Å²) in [6.45, 7) is 10.5. The molecule has 0 aromatic carbocycles. The van der Waals surface area contributed by atoms with Crippen LogP contribution in [0.4, 0.5) is 13.2 Å². The van der Waals surface area contributed by atoms with Crippen LogP contribution in [0.1, 0.15) is 20.8 Å². The third kappa shape index (κ3) is 7.73. The van der Waals surface area contributed by atoms with Crippen molar-refractivity contribution in [3.8, 4) is 0 Å². The number of guanidine groups is 1. The van der Waals surface area contributed by atoms with E-state index in [1.54, 1.807) is 0 Å². The van der Waals surface area contributed by atoms with Crippen LogP contribution in [-0.2, 0) is 0 Å². The van der Waals surface area contributed by atoms with Crippen LogP contribution in [0.15, 0.2) is 4.99 Å². The van der Waals surface area contributed by atoms with Crippen molar-refractivity contribution in [1.29, 1.82) is 0 Å². The zero-order valence-electron chi connectivity index (χ0n) is 15.1. The lowest BCUT2D eigenvalue weighted by Crippen LogP contribution is -2.56. The van der Waals surface area contributed by atoms with E-state index in [-0.39, 0.29) is 24.0 Å². The normalized spacial score (nSPS) is 18.5. The van der Waals surface area contributed by atoms with E-state index in [1.165, 1.54) is 11.8 Å². The van der Waals surface area contributed by atoms with Crippen LogP contribution in [-0.4, -0.2) is 92.3 Å². The molecule has 1 N–H and O–H groups in total. The van der Waals surface area contributed by atoms with E-state index in [4.69, 9.17) is 0 Å². The van der Waals surface area contributed by atoms with Gasteiger partial charge in [0.2, 0.25) is 0 Å². The Morgan fingerprint density at radius 3 is 2.25 bits per heavy atom. The van der Waals surface area contributed by atoms with Gasteiger partial charge in [-0.2, -0.15) is 13.2 Å². The Morgan fingerprint density at radius 1 is 1.21 bits per heavy atom. The standard InChI is InChI=1S/C15H30F3N5.HI/c1-5-19-14(20-7-8-21(4)6-2)23-11-9-22(10-12-23)13(3)15(16,17)18;/h13H,5-12H2,1-4H3,(H,19,20);1H. The number of alkyl halides is 3. The summed E-state index contributed by atoms with van der Waals surface area (Å²) in [6.07, 6.45) is -4.16. The molecule has 0 bridgehead atoms.